The molecular weight excluding hydrogens is 348 g/mol. The van der Waals surface area contributed by atoms with Crippen molar-refractivity contribution in [3.8, 4) is 0 Å². The molecule has 0 heterocycles. The zero-order valence-electron chi connectivity index (χ0n) is 19.4. The quantitative estimate of drug-likeness (QED) is 0.354. The van der Waals surface area contributed by atoms with Crippen molar-refractivity contribution < 1.29 is 9.22 Å². The molecule has 0 unspecified atom stereocenters. The first-order chi connectivity index (χ1) is 12.2. The number of allylic oxidation sites excluding steroid dienone is 1. The number of fused-ring (bicyclic) bond motifs is 1. The van der Waals surface area contributed by atoms with E-state index in [4.69, 9.17) is 4.43 Å². The molecule has 0 N–H and O–H groups in total. The van der Waals surface area contributed by atoms with Crippen LogP contribution in [0.2, 0.25) is 18.1 Å². The van der Waals surface area contributed by atoms with Gasteiger partial charge in [-0.25, -0.2) is 0 Å². The maximum atomic E-state index is 12.4. The summed E-state index contributed by atoms with van der Waals surface area (Å²) in [4.78, 5) is 12.4. The number of carbonyl (C=O) groups excluding carboxylic acids is 1. The average Bonchev–Trinajstić information content (AvgIpc) is 2.83. The lowest BCUT2D eigenvalue weighted by Crippen LogP contribution is -2.47. The summed E-state index contributed by atoms with van der Waals surface area (Å²) in [6.45, 7) is 20.8. The number of rotatable bonds is 6. The van der Waals surface area contributed by atoms with Crippen molar-refractivity contribution in [1.82, 2.24) is 0 Å². The summed E-state index contributed by atoms with van der Waals surface area (Å²) >= 11 is 0. The highest BCUT2D eigenvalue weighted by molar-refractivity contribution is 6.74. The fourth-order valence-electron chi connectivity index (χ4n) is 5.42. The first-order valence-corrected chi connectivity index (χ1v) is 14.0. The van der Waals surface area contributed by atoms with E-state index in [2.05, 4.69) is 73.7 Å². The minimum atomic E-state index is -1.76. The lowest BCUT2D eigenvalue weighted by Gasteiger charge is -2.43. The highest BCUT2D eigenvalue weighted by Crippen LogP contribution is 2.56. The third-order valence-corrected chi connectivity index (χ3v) is 12.6. The Labute approximate surface area is 169 Å². The Balaban J connectivity index is 1.98. The molecule has 0 aromatic carbocycles. The van der Waals surface area contributed by atoms with Crippen LogP contribution in [0.1, 0.15) is 87.0 Å². The second-order valence-corrected chi connectivity index (χ2v) is 16.4. The molecule has 27 heavy (non-hydrogen) atoms. The second-order valence-electron chi connectivity index (χ2n) is 11.7. The Hall–Kier alpha value is -0.413. The Bertz CT molecular complexity index is 569. The number of ketones is 1. The zero-order valence-corrected chi connectivity index (χ0v) is 20.4. The van der Waals surface area contributed by atoms with E-state index in [1.807, 2.05) is 0 Å². The molecule has 0 aromatic rings. The van der Waals surface area contributed by atoms with Crippen LogP contribution in [-0.4, -0.2) is 19.7 Å². The first-order valence-electron chi connectivity index (χ1n) is 11.1. The predicted molar refractivity (Wildman–Crippen MR) is 118 cm³/mol. The van der Waals surface area contributed by atoms with Crippen molar-refractivity contribution in [2.45, 2.75) is 111 Å². The fraction of sp³-hybridized carbons (Fsp3) is 0.875. The summed E-state index contributed by atoms with van der Waals surface area (Å²) in [5.74, 6) is 2.04. The van der Waals surface area contributed by atoms with E-state index in [1.54, 1.807) is 0 Å². The van der Waals surface area contributed by atoms with Crippen LogP contribution in [0.25, 0.3) is 0 Å². The van der Waals surface area contributed by atoms with Crippen LogP contribution < -0.4 is 0 Å². The van der Waals surface area contributed by atoms with Gasteiger partial charge in [-0.15, -0.1) is 0 Å². The summed E-state index contributed by atoms with van der Waals surface area (Å²) in [5, 5.41) is 0.238. The summed E-state index contributed by atoms with van der Waals surface area (Å²) in [5.41, 5.74) is 0.106. The molecule has 0 bridgehead atoms. The van der Waals surface area contributed by atoms with Crippen molar-refractivity contribution in [3.05, 3.63) is 12.2 Å². The largest absolute Gasteiger partial charge is 0.412 e. The molecule has 3 heteroatoms. The molecule has 4 atom stereocenters. The highest BCUT2D eigenvalue weighted by Gasteiger charge is 2.52. The van der Waals surface area contributed by atoms with Gasteiger partial charge in [-0.05, 0) is 81.3 Å². The van der Waals surface area contributed by atoms with E-state index in [0.29, 0.717) is 23.5 Å². The minimum Gasteiger partial charge on any atom is -0.412 e. The van der Waals surface area contributed by atoms with E-state index >= 15 is 0 Å². The van der Waals surface area contributed by atoms with Gasteiger partial charge >= 0.3 is 0 Å². The van der Waals surface area contributed by atoms with Crippen molar-refractivity contribution >= 4 is 14.1 Å². The predicted octanol–water partition coefficient (Wildman–Crippen LogP) is 7.15. The van der Waals surface area contributed by atoms with Crippen molar-refractivity contribution in [1.29, 1.82) is 0 Å². The monoisotopic (exact) mass is 392 g/mol. The van der Waals surface area contributed by atoms with E-state index < -0.39 is 8.32 Å². The lowest BCUT2D eigenvalue weighted by molar-refractivity contribution is -0.129. The van der Waals surface area contributed by atoms with Gasteiger partial charge in [-0.2, -0.15) is 0 Å². The molecule has 0 radical (unpaired) electrons. The lowest BCUT2D eigenvalue weighted by atomic mass is 9.62. The Kier molecular flexibility index (Phi) is 6.59. The normalized spacial score (nSPS) is 31.4. The molecule has 2 aliphatic rings. The molecule has 2 saturated carbocycles. The molecule has 2 rings (SSSR count). The van der Waals surface area contributed by atoms with Gasteiger partial charge in [-0.1, -0.05) is 46.8 Å². The van der Waals surface area contributed by atoms with E-state index in [0.717, 1.165) is 25.7 Å². The van der Waals surface area contributed by atoms with Crippen molar-refractivity contribution in [3.63, 3.8) is 0 Å². The average molecular weight is 393 g/mol. The SMILES string of the molecule is C[C@H](/C=C/CC(C)(C)O[Si](C)(C)C(C)(C)C)[C@H]1CC[C@H]2C(=O)CCC[C@]12C. The van der Waals surface area contributed by atoms with Gasteiger partial charge in [0.2, 0.25) is 0 Å². The number of Topliss-reactive ketones (excluding diaryl/α,β-unsaturated/α-hetero) is 1. The Morgan fingerprint density at radius 3 is 2.44 bits per heavy atom. The second kappa shape index (κ2) is 7.78. The van der Waals surface area contributed by atoms with Crippen LogP contribution in [0, 0.1) is 23.2 Å². The van der Waals surface area contributed by atoms with Crippen LogP contribution >= 0.6 is 0 Å². The van der Waals surface area contributed by atoms with Gasteiger partial charge in [-0.3, -0.25) is 4.79 Å². The van der Waals surface area contributed by atoms with Crippen LogP contribution in [0.5, 0.6) is 0 Å². The van der Waals surface area contributed by atoms with E-state index in [-0.39, 0.29) is 16.1 Å². The fourth-order valence-corrected chi connectivity index (χ4v) is 7.19. The molecule has 0 amide bonds. The van der Waals surface area contributed by atoms with Gasteiger partial charge in [0.1, 0.15) is 5.78 Å². The van der Waals surface area contributed by atoms with Crippen LogP contribution in [0.3, 0.4) is 0 Å². The number of hydrogen-bond donors (Lipinski definition) is 0. The van der Waals surface area contributed by atoms with Crippen LogP contribution in [0.4, 0.5) is 0 Å². The molecule has 0 spiro atoms. The standard InChI is InChI=1S/C24H44O2Si/c1-18(19-14-15-20-21(25)13-11-17-24(19,20)7)12-10-16-23(5,6)26-27(8,9)22(2,3)4/h10,12,18-20H,11,13-17H2,1-9H3/b12-10+/t18-,19-,20+,24-/m1/s1. The van der Waals surface area contributed by atoms with Gasteiger partial charge in [0.15, 0.2) is 8.32 Å². The third kappa shape index (κ3) is 4.96. The van der Waals surface area contributed by atoms with Gasteiger partial charge in [0.25, 0.3) is 0 Å². The van der Waals surface area contributed by atoms with Gasteiger partial charge in [0.05, 0.1) is 5.60 Å². The van der Waals surface area contributed by atoms with Crippen LogP contribution in [0.15, 0.2) is 12.2 Å². The zero-order chi connectivity index (χ0) is 20.7. The summed E-state index contributed by atoms with van der Waals surface area (Å²) in [6.07, 6.45) is 11.2. The van der Waals surface area contributed by atoms with Gasteiger partial charge in [0, 0.05) is 12.3 Å². The Morgan fingerprint density at radius 1 is 1.22 bits per heavy atom. The molecule has 156 valence electrons. The summed E-state index contributed by atoms with van der Waals surface area (Å²) in [6, 6.07) is 0. The minimum absolute atomic E-state index is 0.123. The molecule has 2 nitrogen and oxygen atoms in total. The topological polar surface area (TPSA) is 26.3 Å². The molecule has 0 saturated heterocycles. The maximum Gasteiger partial charge on any atom is 0.192 e. The van der Waals surface area contributed by atoms with Crippen LogP contribution in [-0.2, 0) is 9.22 Å². The molecule has 2 fully saturated rings. The third-order valence-electron chi connectivity index (χ3n) is 7.96. The highest BCUT2D eigenvalue weighted by atomic mass is 28.4. The molecule has 0 aromatic heterocycles. The maximum absolute atomic E-state index is 12.4. The molecule has 0 aliphatic heterocycles. The molecular formula is C24H44O2Si. The smallest absolute Gasteiger partial charge is 0.192 e. The summed E-state index contributed by atoms with van der Waals surface area (Å²) in [7, 11) is -1.76. The van der Waals surface area contributed by atoms with Gasteiger partial charge < -0.3 is 4.43 Å². The molecule has 2 aliphatic carbocycles. The number of hydrogen-bond acceptors (Lipinski definition) is 2. The van der Waals surface area contributed by atoms with Crippen molar-refractivity contribution in [2.24, 2.45) is 23.2 Å². The first kappa shape index (κ1) is 22.9. The summed E-state index contributed by atoms with van der Waals surface area (Å²) < 4.78 is 6.66. The number of carbonyl (C=O) groups is 1. The Morgan fingerprint density at radius 2 is 1.85 bits per heavy atom. The van der Waals surface area contributed by atoms with E-state index in [1.165, 1.54) is 12.8 Å². The van der Waals surface area contributed by atoms with E-state index in [9.17, 15) is 4.79 Å². The van der Waals surface area contributed by atoms with Crippen molar-refractivity contribution in [2.75, 3.05) is 0 Å².